The van der Waals surface area contributed by atoms with Gasteiger partial charge in [-0.3, -0.25) is 14.3 Å². The summed E-state index contributed by atoms with van der Waals surface area (Å²) in [7, 11) is 1.76. The maximum Gasteiger partial charge on any atom is 0.261 e. The summed E-state index contributed by atoms with van der Waals surface area (Å²) in [5.74, 6) is 7.03. The topological polar surface area (TPSA) is 74.8 Å². The van der Waals surface area contributed by atoms with Crippen LogP contribution in [0.25, 0.3) is 10.9 Å². The molecule has 0 amide bonds. The van der Waals surface area contributed by atoms with Gasteiger partial charge in [-0.2, -0.15) is 5.26 Å². The highest BCUT2D eigenvalue weighted by Gasteiger charge is 2.31. The van der Waals surface area contributed by atoms with Crippen molar-refractivity contribution in [2.24, 2.45) is 7.05 Å². The lowest BCUT2D eigenvalue weighted by atomic mass is 9.98. The summed E-state index contributed by atoms with van der Waals surface area (Å²) in [6.45, 7) is 1.91. The third-order valence-electron chi connectivity index (χ3n) is 4.73. The molecule has 0 unspecified atom stereocenters. The number of benzene rings is 1. The van der Waals surface area contributed by atoms with Crippen LogP contribution in [0.3, 0.4) is 0 Å². The van der Waals surface area contributed by atoms with Gasteiger partial charge in [-0.25, -0.2) is 9.97 Å². The minimum atomic E-state index is -0.0574. The minimum absolute atomic E-state index is 0.0574. The molecule has 3 heterocycles. The maximum absolute atomic E-state index is 12.7. The fourth-order valence-corrected chi connectivity index (χ4v) is 3.27. The Bertz CT molecular complexity index is 1160. The number of hydrogen-bond donors (Lipinski definition) is 0. The molecule has 27 heavy (non-hydrogen) atoms. The number of likely N-dealkylation sites (tertiary alicyclic amines) is 1. The summed E-state index contributed by atoms with van der Waals surface area (Å²) in [5, 5.41) is 9.36. The van der Waals surface area contributed by atoms with Crippen LogP contribution in [0, 0.1) is 23.2 Å². The molecule has 1 aliphatic heterocycles. The zero-order valence-corrected chi connectivity index (χ0v) is 14.9. The molecule has 1 aliphatic rings. The van der Waals surface area contributed by atoms with Crippen LogP contribution in [0.2, 0.25) is 0 Å². The third kappa shape index (κ3) is 3.31. The summed E-state index contributed by atoms with van der Waals surface area (Å²) in [6.07, 6.45) is 1.70. The Morgan fingerprint density at radius 3 is 2.81 bits per heavy atom. The predicted octanol–water partition coefficient (Wildman–Crippen LogP) is 1.65. The number of nitriles is 1. The first-order valence-corrected chi connectivity index (χ1v) is 8.69. The highest BCUT2D eigenvalue weighted by Crippen LogP contribution is 2.25. The zero-order valence-electron chi connectivity index (χ0n) is 14.9. The Morgan fingerprint density at radius 1 is 1.22 bits per heavy atom. The molecule has 1 saturated heterocycles. The van der Waals surface area contributed by atoms with Gasteiger partial charge in [-0.05, 0) is 36.3 Å². The van der Waals surface area contributed by atoms with E-state index in [4.69, 9.17) is 10.2 Å². The Kier molecular flexibility index (Phi) is 4.42. The van der Waals surface area contributed by atoms with Crippen molar-refractivity contribution in [3.8, 4) is 17.9 Å². The first kappa shape index (κ1) is 17.0. The fraction of sp³-hybridized carbons (Fsp3) is 0.238. The quantitative estimate of drug-likeness (QED) is 0.516. The number of nitrogens with zero attached hydrogens (tertiary/aromatic N) is 5. The van der Waals surface area contributed by atoms with Crippen molar-refractivity contribution in [2.45, 2.75) is 5.92 Å². The summed E-state index contributed by atoms with van der Waals surface area (Å²) in [5.41, 5.74) is 2.08. The molecular weight excluding hydrogens is 338 g/mol. The normalized spacial score (nSPS) is 14.2. The first-order chi connectivity index (χ1) is 13.2. The molecule has 3 aromatic rings. The average Bonchev–Trinajstić information content (AvgIpc) is 2.66. The summed E-state index contributed by atoms with van der Waals surface area (Å²) >= 11 is 0. The van der Waals surface area contributed by atoms with E-state index in [1.165, 1.54) is 0 Å². The molecule has 2 aromatic heterocycles. The molecular formula is C21H17N5O. The number of hydrogen-bond acceptors (Lipinski definition) is 5. The van der Waals surface area contributed by atoms with Gasteiger partial charge in [0.25, 0.3) is 5.56 Å². The van der Waals surface area contributed by atoms with E-state index in [1.54, 1.807) is 23.9 Å². The van der Waals surface area contributed by atoms with E-state index in [0.717, 1.165) is 24.5 Å². The van der Waals surface area contributed by atoms with Crippen molar-refractivity contribution >= 4 is 10.9 Å². The molecule has 6 nitrogen and oxygen atoms in total. The van der Waals surface area contributed by atoms with Gasteiger partial charge in [-0.15, -0.1) is 0 Å². The molecule has 0 aliphatic carbocycles. The fourth-order valence-electron chi connectivity index (χ4n) is 3.27. The molecule has 0 saturated carbocycles. The highest BCUT2D eigenvalue weighted by atomic mass is 16.1. The van der Waals surface area contributed by atoms with Gasteiger partial charge in [0.05, 0.1) is 23.5 Å². The molecule has 0 radical (unpaired) electrons. The molecule has 1 aromatic carbocycles. The van der Waals surface area contributed by atoms with E-state index in [2.05, 4.69) is 22.9 Å². The van der Waals surface area contributed by atoms with E-state index in [1.807, 2.05) is 35.2 Å². The summed E-state index contributed by atoms with van der Waals surface area (Å²) < 4.78 is 1.62. The van der Waals surface area contributed by atoms with Crippen molar-refractivity contribution in [3.63, 3.8) is 0 Å². The van der Waals surface area contributed by atoms with Crippen LogP contribution in [-0.4, -0.2) is 39.1 Å². The first-order valence-electron chi connectivity index (χ1n) is 8.69. The largest absolute Gasteiger partial charge is 0.299 e. The Labute approximate surface area is 156 Å². The Hall–Kier alpha value is -3.48. The van der Waals surface area contributed by atoms with Gasteiger partial charge in [0.15, 0.2) is 0 Å². The monoisotopic (exact) mass is 355 g/mol. The van der Waals surface area contributed by atoms with Crippen LogP contribution < -0.4 is 5.56 Å². The molecule has 1 fully saturated rings. The van der Waals surface area contributed by atoms with Crippen LogP contribution in [0.1, 0.15) is 23.0 Å². The number of pyridine rings is 1. The number of rotatable bonds is 2. The van der Waals surface area contributed by atoms with Crippen molar-refractivity contribution in [1.82, 2.24) is 19.4 Å². The van der Waals surface area contributed by atoms with Crippen LogP contribution in [0.15, 0.2) is 47.4 Å². The molecule has 132 valence electrons. The van der Waals surface area contributed by atoms with Crippen LogP contribution in [0.4, 0.5) is 0 Å². The second-order valence-electron chi connectivity index (χ2n) is 6.58. The highest BCUT2D eigenvalue weighted by molar-refractivity contribution is 5.79. The second kappa shape index (κ2) is 7.03. The van der Waals surface area contributed by atoms with E-state index < -0.39 is 0 Å². The molecule has 0 atom stereocenters. The van der Waals surface area contributed by atoms with Crippen molar-refractivity contribution in [3.05, 3.63) is 70.0 Å². The molecule has 0 N–H and O–H groups in total. The SMILES string of the molecule is Cn1c(C2CN(CC#N)C2)nc2cc(C#Cc3ccccn3)ccc2c1=O. The van der Waals surface area contributed by atoms with Crippen molar-refractivity contribution < 1.29 is 0 Å². The van der Waals surface area contributed by atoms with E-state index in [-0.39, 0.29) is 11.5 Å². The third-order valence-corrected chi connectivity index (χ3v) is 4.73. The number of fused-ring (bicyclic) bond motifs is 1. The summed E-state index contributed by atoms with van der Waals surface area (Å²) in [4.78, 5) is 23.7. The van der Waals surface area contributed by atoms with Crippen molar-refractivity contribution in [2.75, 3.05) is 19.6 Å². The van der Waals surface area contributed by atoms with Gasteiger partial charge >= 0.3 is 0 Å². The van der Waals surface area contributed by atoms with Crippen LogP contribution in [-0.2, 0) is 7.05 Å². The van der Waals surface area contributed by atoms with Crippen LogP contribution in [0.5, 0.6) is 0 Å². The predicted molar refractivity (Wildman–Crippen MR) is 102 cm³/mol. The molecule has 0 spiro atoms. The van der Waals surface area contributed by atoms with Gasteiger partial charge in [0.1, 0.15) is 11.5 Å². The van der Waals surface area contributed by atoms with Gasteiger partial charge in [0, 0.05) is 37.8 Å². The maximum atomic E-state index is 12.7. The lowest BCUT2D eigenvalue weighted by molar-refractivity contribution is 0.161. The van der Waals surface area contributed by atoms with E-state index >= 15 is 0 Å². The molecule has 4 rings (SSSR count). The lowest BCUT2D eigenvalue weighted by Crippen LogP contribution is -2.47. The van der Waals surface area contributed by atoms with Gasteiger partial charge in [-0.1, -0.05) is 12.0 Å². The smallest absolute Gasteiger partial charge is 0.261 e. The Balaban J connectivity index is 1.69. The van der Waals surface area contributed by atoms with Crippen molar-refractivity contribution in [1.29, 1.82) is 5.26 Å². The lowest BCUT2D eigenvalue weighted by Gasteiger charge is -2.37. The summed E-state index contributed by atoms with van der Waals surface area (Å²) in [6, 6.07) is 13.2. The number of aromatic nitrogens is 3. The van der Waals surface area contributed by atoms with Gasteiger partial charge in [0.2, 0.25) is 0 Å². The molecule has 0 bridgehead atoms. The standard InChI is InChI=1S/C21H17N5O/c1-25-20(16-13-26(14-16)11-9-22)24-19-12-15(6-8-18(19)21(25)27)5-7-17-4-2-3-10-23-17/h2-4,6,8,10,12,16H,11,13-14H2,1H3. The second-order valence-corrected chi connectivity index (χ2v) is 6.58. The Morgan fingerprint density at radius 2 is 2.07 bits per heavy atom. The van der Waals surface area contributed by atoms with Gasteiger partial charge < -0.3 is 0 Å². The minimum Gasteiger partial charge on any atom is -0.299 e. The molecule has 6 heteroatoms. The van der Waals surface area contributed by atoms with Crippen LogP contribution >= 0.6 is 0 Å². The van der Waals surface area contributed by atoms with E-state index in [0.29, 0.717) is 23.1 Å². The van der Waals surface area contributed by atoms with E-state index in [9.17, 15) is 4.79 Å². The average molecular weight is 355 g/mol. The zero-order chi connectivity index (χ0) is 18.8.